The summed E-state index contributed by atoms with van der Waals surface area (Å²) in [4.78, 5) is -0.0823. The summed E-state index contributed by atoms with van der Waals surface area (Å²) >= 11 is 0. The molecule has 0 fully saturated rings. The Kier molecular flexibility index (Phi) is 3.83. The van der Waals surface area contributed by atoms with Gasteiger partial charge in [-0.05, 0) is 23.1 Å². The number of anilines is 1. The van der Waals surface area contributed by atoms with E-state index in [0.29, 0.717) is 17.6 Å². The van der Waals surface area contributed by atoms with Crippen molar-refractivity contribution in [2.45, 2.75) is 11.4 Å². The molecule has 0 saturated carbocycles. The molecular formula is C17H15NO3S. The van der Waals surface area contributed by atoms with Crippen LogP contribution < -0.4 is 5.32 Å². The van der Waals surface area contributed by atoms with Gasteiger partial charge in [-0.15, -0.1) is 0 Å². The lowest BCUT2D eigenvalue weighted by atomic mass is 10.1. The molecule has 0 aliphatic rings. The lowest BCUT2D eigenvalue weighted by Crippen LogP contribution is -2.04. The van der Waals surface area contributed by atoms with Crippen LogP contribution in [-0.4, -0.2) is 13.0 Å². The maximum absolute atomic E-state index is 11.6. The largest absolute Gasteiger partial charge is 0.380 e. The quantitative estimate of drug-likeness (QED) is 0.721. The van der Waals surface area contributed by atoms with E-state index in [1.54, 1.807) is 12.1 Å². The highest BCUT2D eigenvalue weighted by Crippen LogP contribution is 2.30. The summed E-state index contributed by atoms with van der Waals surface area (Å²) < 4.78 is 32.6. The van der Waals surface area contributed by atoms with Crippen LogP contribution >= 0.6 is 0 Å². The molecule has 0 amide bonds. The Morgan fingerprint density at radius 1 is 0.864 bits per heavy atom. The second-order valence-corrected chi connectivity index (χ2v) is 6.36. The van der Waals surface area contributed by atoms with Gasteiger partial charge >= 0.3 is 0 Å². The molecule has 2 N–H and O–H groups in total. The van der Waals surface area contributed by atoms with Crippen LogP contribution in [0.15, 0.2) is 71.6 Å². The molecule has 0 bridgehead atoms. The van der Waals surface area contributed by atoms with E-state index >= 15 is 0 Å². The highest BCUT2D eigenvalue weighted by molar-refractivity contribution is 7.86. The van der Waals surface area contributed by atoms with Crippen LogP contribution in [0.5, 0.6) is 0 Å². The molecule has 0 aliphatic carbocycles. The van der Waals surface area contributed by atoms with Crippen molar-refractivity contribution in [2.75, 3.05) is 5.32 Å². The highest BCUT2D eigenvalue weighted by Gasteiger charge is 2.16. The first kappa shape index (κ1) is 14.6. The van der Waals surface area contributed by atoms with Crippen molar-refractivity contribution in [1.82, 2.24) is 0 Å². The van der Waals surface area contributed by atoms with Gasteiger partial charge in [-0.25, -0.2) is 0 Å². The van der Waals surface area contributed by atoms with Crippen LogP contribution in [0.4, 0.5) is 5.69 Å². The van der Waals surface area contributed by atoms with E-state index in [1.807, 2.05) is 48.5 Å². The number of rotatable bonds is 4. The molecule has 112 valence electrons. The minimum atomic E-state index is -4.27. The van der Waals surface area contributed by atoms with Gasteiger partial charge in [-0.2, -0.15) is 8.42 Å². The predicted molar refractivity (Wildman–Crippen MR) is 87.5 cm³/mol. The van der Waals surface area contributed by atoms with Crippen LogP contribution in [0.25, 0.3) is 10.8 Å². The van der Waals surface area contributed by atoms with Gasteiger partial charge in [-0.1, -0.05) is 54.6 Å². The maximum atomic E-state index is 11.6. The van der Waals surface area contributed by atoms with Crippen molar-refractivity contribution < 1.29 is 13.0 Å². The zero-order valence-corrected chi connectivity index (χ0v) is 12.5. The van der Waals surface area contributed by atoms with Crippen LogP contribution in [-0.2, 0) is 16.7 Å². The van der Waals surface area contributed by atoms with Gasteiger partial charge in [-0.3, -0.25) is 4.55 Å². The Bertz CT molecular complexity index is 900. The first-order valence-electron chi connectivity index (χ1n) is 6.83. The fourth-order valence-corrected chi connectivity index (χ4v) is 3.20. The second kappa shape index (κ2) is 5.79. The zero-order valence-electron chi connectivity index (χ0n) is 11.7. The molecule has 3 rings (SSSR count). The summed E-state index contributed by atoms with van der Waals surface area (Å²) in [5.74, 6) is 0. The van der Waals surface area contributed by atoms with Crippen molar-refractivity contribution in [2.24, 2.45) is 0 Å². The van der Waals surface area contributed by atoms with Crippen LogP contribution in [0, 0.1) is 0 Å². The van der Waals surface area contributed by atoms with Gasteiger partial charge in [0.25, 0.3) is 10.1 Å². The number of hydrogen-bond acceptors (Lipinski definition) is 3. The SMILES string of the molecule is O=S(=O)(O)c1cccc2cccc(NCc3ccccc3)c12. The number of hydrogen-bond donors (Lipinski definition) is 2. The Morgan fingerprint density at radius 2 is 1.55 bits per heavy atom. The molecule has 0 radical (unpaired) electrons. The van der Waals surface area contributed by atoms with Crippen LogP contribution in [0.3, 0.4) is 0 Å². The van der Waals surface area contributed by atoms with E-state index in [-0.39, 0.29) is 4.90 Å². The third-order valence-corrected chi connectivity index (χ3v) is 4.37. The van der Waals surface area contributed by atoms with E-state index < -0.39 is 10.1 Å². The molecular weight excluding hydrogens is 298 g/mol. The van der Waals surface area contributed by atoms with E-state index in [1.165, 1.54) is 6.07 Å². The summed E-state index contributed by atoms with van der Waals surface area (Å²) in [6.07, 6.45) is 0. The lowest BCUT2D eigenvalue weighted by Gasteiger charge is -2.12. The predicted octanol–water partition coefficient (Wildman–Crippen LogP) is 3.70. The molecule has 0 atom stereocenters. The Hall–Kier alpha value is -2.37. The average Bonchev–Trinajstić information content (AvgIpc) is 2.52. The Morgan fingerprint density at radius 3 is 2.23 bits per heavy atom. The second-order valence-electron chi connectivity index (χ2n) is 4.97. The molecule has 0 unspecified atom stereocenters. The summed E-state index contributed by atoms with van der Waals surface area (Å²) in [5, 5.41) is 4.50. The zero-order chi connectivity index (χ0) is 15.6. The average molecular weight is 313 g/mol. The lowest BCUT2D eigenvalue weighted by molar-refractivity contribution is 0.484. The molecule has 0 aliphatic heterocycles. The van der Waals surface area contributed by atoms with Gasteiger partial charge in [0.05, 0.1) is 0 Å². The van der Waals surface area contributed by atoms with Gasteiger partial charge in [0.1, 0.15) is 4.90 Å². The fourth-order valence-electron chi connectivity index (χ4n) is 2.46. The minimum Gasteiger partial charge on any atom is -0.380 e. The molecule has 4 nitrogen and oxygen atoms in total. The maximum Gasteiger partial charge on any atom is 0.295 e. The summed E-state index contributed by atoms with van der Waals surface area (Å²) in [6.45, 7) is 0.569. The first-order valence-corrected chi connectivity index (χ1v) is 8.27. The molecule has 3 aromatic rings. The number of nitrogens with one attached hydrogen (secondary N) is 1. The fraction of sp³-hybridized carbons (Fsp3) is 0.0588. The monoisotopic (exact) mass is 313 g/mol. The standard InChI is InChI=1S/C17H15NO3S/c19-22(20,21)16-11-5-9-14-8-4-10-15(17(14)16)18-12-13-6-2-1-3-7-13/h1-11,18H,12H2,(H,19,20,21). The smallest absolute Gasteiger partial charge is 0.295 e. The highest BCUT2D eigenvalue weighted by atomic mass is 32.2. The first-order chi connectivity index (χ1) is 10.6. The van der Waals surface area contributed by atoms with Gasteiger partial charge in [0, 0.05) is 17.6 Å². The topological polar surface area (TPSA) is 66.4 Å². The van der Waals surface area contributed by atoms with E-state index in [2.05, 4.69) is 5.32 Å². The number of benzene rings is 3. The van der Waals surface area contributed by atoms with Crippen molar-refractivity contribution in [1.29, 1.82) is 0 Å². The van der Waals surface area contributed by atoms with Gasteiger partial charge < -0.3 is 5.32 Å². The van der Waals surface area contributed by atoms with Crippen molar-refractivity contribution >= 4 is 26.6 Å². The Balaban J connectivity index is 2.06. The molecule has 0 spiro atoms. The van der Waals surface area contributed by atoms with Crippen LogP contribution in [0.1, 0.15) is 5.56 Å². The molecule has 22 heavy (non-hydrogen) atoms. The molecule has 3 aromatic carbocycles. The van der Waals surface area contributed by atoms with Crippen molar-refractivity contribution in [3.63, 3.8) is 0 Å². The Labute approximate surface area is 129 Å². The summed E-state index contributed by atoms with van der Waals surface area (Å²) in [6, 6.07) is 20.1. The molecule has 0 saturated heterocycles. The van der Waals surface area contributed by atoms with Crippen LogP contribution in [0.2, 0.25) is 0 Å². The van der Waals surface area contributed by atoms with Gasteiger partial charge in [0.2, 0.25) is 0 Å². The molecule has 0 heterocycles. The van der Waals surface area contributed by atoms with E-state index in [0.717, 1.165) is 10.9 Å². The molecule has 5 heteroatoms. The van der Waals surface area contributed by atoms with E-state index in [9.17, 15) is 13.0 Å². The third-order valence-electron chi connectivity index (χ3n) is 3.47. The minimum absolute atomic E-state index is 0.0823. The molecule has 0 aromatic heterocycles. The normalized spacial score (nSPS) is 11.5. The van der Waals surface area contributed by atoms with E-state index in [4.69, 9.17) is 0 Å². The van der Waals surface area contributed by atoms with Gasteiger partial charge in [0.15, 0.2) is 0 Å². The van der Waals surface area contributed by atoms with Crippen molar-refractivity contribution in [3.05, 3.63) is 72.3 Å². The number of fused-ring (bicyclic) bond motifs is 1. The summed E-state index contributed by atoms with van der Waals surface area (Å²) in [7, 11) is -4.27. The van der Waals surface area contributed by atoms with Crippen molar-refractivity contribution in [3.8, 4) is 0 Å². The summed E-state index contributed by atoms with van der Waals surface area (Å²) in [5.41, 5.74) is 1.76. The third kappa shape index (κ3) is 2.95.